The largest absolute Gasteiger partial charge is 0.323 e. The lowest BCUT2D eigenvalue weighted by Gasteiger charge is -1.90. The molecule has 1 aromatic heterocycles. The van der Waals surface area contributed by atoms with Gasteiger partial charge in [0, 0.05) is 5.56 Å². The lowest BCUT2D eigenvalue weighted by molar-refractivity contribution is 0.938. The highest BCUT2D eigenvalue weighted by atomic mass is 16.1. The number of benzene rings is 1. The molecular weight excluding hydrogens is 190 g/mol. The van der Waals surface area contributed by atoms with E-state index in [9.17, 15) is 4.79 Å². The van der Waals surface area contributed by atoms with Crippen LogP contribution >= 0.6 is 0 Å². The Labute approximate surface area is 86.7 Å². The molecule has 1 heterocycles. The van der Waals surface area contributed by atoms with Crippen molar-refractivity contribution in [1.82, 2.24) is 15.3 Å². The van der Waals surface area contributed by atoms with Gasteiger partial charge in [0.05, 0.1) is 17.6 Å². The van der Waals surface area contributed by atoms with Gasteiger partial charge in [0.1, 0.15) is 0 Å². The first-order chi connectivity index (χ1) is 7.29. The van der Waals surface area contributed by atoms with Crippen molar-refractivity contribution < 1.29 is 0 Å². The standard InChI is InChI=1S/C11H11N3O/c1-12-6-2-3-8-4-5-9-10(7-8)14-11(15)13-9/h4-5,7,12H,6H2,1H3,(H2,13,14,15). The first-order valence-electron chi connectivity index (χ1n) is 4.65. The Balaban J connectivity index is 2.39. The lowest BCUT2D eigenvalue weighted by Crippen LogP contribution is -2.04. The van der Waals surface area contributed by atoms with E-state index < -0.39 is 0 Å². The van der Waals surface area contributed by atoms with Gasteiger partial charge in [-0.3, -0.25) is 0 Å². The number of imidazole rings is 1. The van der Waals surface area contributed by atoms with E-state index in [1.807, 2.05) is 25.2 Å². The van der Waals surface area contributed by atoms with Crippen LogP contribution in [0.4, 0.5) is 0 Å². The molecule has 0 aliphatic carbocycles. The van der Waals surface area contributed by atoms with E-state index in [2.05, 4.69) is 27.1 Å². The monoisotopic (exact) mass is 201 g/mol. The van der Waals surface area contributed by atoms with Crippen LogP contribution in [-0.4, -0.2) is 23.6 Å². The highest BCUT2D eigenvalue weighted by Gasteiger charge is 1.97. The Morgan fingerprint density at radius 1 is 1.33 bits per heavy atom. The van der Waals surface area contributed by atoms with Crippen LogP contribution in [0.3, 0.4) is 0 Å². The Hall–Kier alpha value is -1.99. The highest BCUT2D eigenvalue weighted by Crippen LogP contribution is 2.08. The van der Waals surface area contributed by atoms with E-state index in [-0.39, 0.29) is 5.69 Å². The van der Waals surface area contributed by atoms with Gasteiger partial charge < -0.3 is 15.3 Å². The van der Waals surface area contributed by atoms with Crippen LogP contribution in [0, 0.1) is 11.8 Å². The molecule has 0 aliphatic rings. The summed E-state index contributed by atoms with van der Waals surface area (Å²) in [6, 6.07) is 5.58. The Kier molecular flexibility index (Phi) is 2.57. The summed E-state index contributed by atoms with van der Waals surface area (Å²) in [5, 5.41) is 2.94. The highest BCUT2D eigenvalue weighted by molar-refractivity contribution is 5.76. The van der Waals surface area contributed by atoms with Crippen LogP contribution in [0.5, 0.6) is 0 Å². The van der Waals surface area contributed by atoms with Crippen LogP contribution in [-0.2, 0) is 0 Å². The molecule has 0 amide bonds. The van der Waals surface area contributed by atoms with E-state index in [4.69, 9.17) is 0 Å². The number of hydrogen-bond acceptors (Lipinski definition) is 2. The van der Waals surface area contributed by atoms with Crippen molar-refractivity contribution in [3.63, 3.8) is 0 Å². The van der Waals surface area contributed by atoms with Gasteiger partial charge in [-0.05, 0) is 25.2 Å². The molecule has 0 radical (unpaired) electrons. The van der Waals surface area contributed by atoms with Gasteiger partial charge in [-0.1, -0.05) is 11.8 Å². The zero-order valence-electron chi connectivity index (χ0n) is 8.35. The first-order valence-corrected chi connectivity index (χ1v) is 4.65. The third kappa shape index (κ3) is 2.09. The molecule has 1 aromatic carbocycles. The molecule has 0 bridgehead atoms. The molecule has 76 valence electrons. The molecule has 15 heavy (non-hydrogen) atoms. The summed E-state index contributed by atoms with van der Waals surface area (Å²) < 4.78 is 0. The van der Waals surface area contributed by atoms with Gasteiger partial charge >= 0.3 is 5.69 Å². The molecule has 0 fully saturated rings. The molecule has 4 heteroatoms. The first kappa shape index (κ1) is 9.56. The zero-order chi connectivity index (χ0) is 10.7. The maximum absolute atomic E-state index is 11.0. The fraction of sp³-hybridized carbons (Fsp3) is 0.182. The average molecular weight is 201 g/mol. The molecule has 0 saturated heterocycles. The van der Waals surface area contributed by atoms with Gasteiger partial charge in [0.2, 0.25) is 0 Å². The lowest BCUT2D eigenvalue weighted by atomic mass is 10.2. The Morgan fingerprint density at radius 2 is 2.13 bits per heavy atom. The SMILES string of the molecule is CNCC#Cc1ccc2[nH]c(=O)[nH]c2c1. The molecule has 2 rings (SSSR count). The Morgan fingerprint density at radius 3 is 2.93 bits per heavy atom. The number of H-pyrrole nitrogens is 2. The summed E-state index contributed by atoms with van der Waals surface area (Å²) in [7, 11) is 1.85. The van der Waals surface area contributed by atoms with E-state index in [0.29, 0.717) is 6.54 Å². The average Bonchev–Trinajstić information content (AvgIpc) is 2.57. The van der Waals surface area contributed by atoms with Crippen molar-refractivity contribution in [2.24, 2.45) is 0 Å². The summed E-state index contributed by atoms with van der Waals surface area (Å²) in [5.41, 5.74) is 2.30. The number of aromatic amines is 2. The minimum atomic E-state index is -0.190. The minimum Gasteiger partial charge on any atom is -0.309 e. The molecule has 0 atom stereocenters. The van der Waals surface area contributed by atoms with Crippen molar-refractivity contribution >= 4 is 11.0 Å². The smallest absolute Gasteiger partial charge is 0.309 e. The summed E-state index contributed by atoms with van der Waals surface area (Å²) in [6.07, 6.45) is 0. The fourth-order valence-electron chi connectivity index (χ4n) is 1.34. The predicted molar refractivity (Wildman–Crippen MR) is 59.7 cm³/mol. The van der Waals surface area contributed by atoms with Crippen molar-refractivity contribution in [3.8, 4) is 11.8 Å². The molecule has 0 saturated carbocycles. The topological polar surface area (TPSA) is 60.7 Å². The third-order valence-corrected chi connectivity index (χ3v) is 2.01. The minimum absolute atomic E-state index is 0.190. The molecular formula is C11H11N3O. The summed E-state index contributed by atoms with van der Waals surface area (Å²) in [6.45, 7) is 0.654. The van der Waals surface area contributed by atoms with Gasteiger partial charge in [-0.15, -0.1) is 0 Å². The fourth-order valence-corrected chi connectivity index (χ4v) is 1.34. The van der Waals surface area contributed by atoms with Crippen molar-refractivity contribution in [2.75, 3.05) is 13.6 Å². The molecule has 0 aliphatic heterocycles. The molecule has 3 N–H and O–H groups in total. The van der Waals surface area contributed by atoms with E-state index in [0.717, 1.165) is 16.6 Å². The normalized spacial score (nSPS) is 9.93. The maximum atomic E-state index is 11.0. The van der Waals surface area contributed by atoms with Crippen LogP contribution in [0.15, 0.2) is 23.0 Å². The van der Waals surface area contributed by atoms with Crippen molar-refractivity contribution in [2.45, 2.75) is 0 Å². The second kappa shape index (κ2) is 4.03. The van der Waals surface area contributed by atoms with Crippen LogP contribution < -0.4 is 11.0 Å². The van der Waals surface area contributed by atoms with Gasteiger partial charge in [0.25, 0.3) is 0 Å². The van der Waals surface area contributed by atoms with Crippen LogP contribution in [0.1, 0.15) is 5.56 Å². The number of nitrogens with one attached hydrogen (secondary N) is 3. The summed E-state index contributed by atoms with van der Waals surface area (Å²) in [5.74, 6) is 5.96. The molecule has 0 unspecified atom stereocenters. The van der Waals surface area contributed by atoms with Crippen molar-refractivity contribution in [3.05, 3.63) is 34.2 Å². The second-order valence-corrected chi connectivity index (χ2v) is 3.17. The Bertz CT molecular complexity index is 583. The number of aromatic nitrogens is 2. The third-order valence-electron chi connectivity index (χ3n) is 2.01. The zero-order valence-corrected chi connectivity index (χ0v) is 8.35. The number of rotatable bonds is 1. The van der Waals surface area contributed by atoms with Gasteiger partial charge in [0.15, 0.2) is 0 Å². The van der Waals surface area contributed by atoms with E-state index in [1.54, 1.807) is 0 Å². The summed E-state index contributed by atoms with van der Waals surface area (Å²) >= 11 is 0. The molecule has 2 aromatic rings. The second-order valence-electron chi connectivity index (χ2n) is 3.17. The molecule has 4 nitrogen and oxygen atoms in total. The maximum Gasteiger partial charge on any atom is 0.323 e. The van der Waals surface area contributed by atoms with E-state index in [1.165, 1.54) is 0 Å². The number of hydrogen-bond donors (Lipinski definition) is 3. The number of fused-ring (bicyclic) bond motifs is 1. The van der Waals surface area contributed by atoms with Crippen molar-refractivity contribution in [1.29, 1.82) is 0 Å². The predicted octanol–water partition coefficient (Wildman–Crippen LogP) is 0.427. The summed E-state index contributed by atoms with van der Waals surface area (Å²) in [4.78, 5) is 16.4. The molecule has 0 spiro atoms. The van der Waals surface area contributed by atoms with Gasteiger partial charge in [-0.2, -0.15) is 0 Å². The van der Waals surface area contributed by atoms with E-state index >= 15 is 0 Å². The van der Waals surface area contributed by atoms with Gasteiger partial charge in [-0.25, -0.2) is 4.79 Å². The van der Waals surface area contributed by atoms with Crippen LogP contribution in [0.2, 0.25) is 0 Å². The quantitative estimate of drug-likeness (QED) is 0.586. The van der Waals surface area contributed by atoms with Crippen LogP contribution in [0.25, 0.3) is 11.0 Å².